The molecule has 2 aliphatic heterocycles. The van der Waals surface area contributed by atoms with Crippen molar-refractivity contribution in [2.24, 2.45) is 5.41 Å². The van der Waals surface area contributed by atoms with Gasteiger partial charge in [-0.2, -0.15) is 4.31 Å². The molecule has 2 fully saturated rings. The molecule has 1 unspecified atom stereocenters. The first-order chi connectivity index (χ1) is 11.1. The van der Waals surface area contributed by atoms with Gasteiger partial charge in [-0.25, -0.2) is 8.42 Å². The Morgan fingerprint density at radius 3 is 2.12 bits per heavy atom. The Balaban J connectivity index is 2.01. The van der Waals surface area contributed by atoms with Gasteiger partial charge in [0.15, 0.2) is 0 Å². The van der Waals surface area contributed by atoms with Crippen LogP contribution in [0.2, 0.25) is 0 Å². The van der Waals surface area contributed by atoms with Gasteiger partial charge in [-0.1, -0.05) is 20.8 Å². The van der Waals surface area contributed by atoms with E-state index in [0.717, 1.165) is 6.42 Å². The summed E-state index contributed by atoms with van der Waals surface area (Å²) >= 11 is 0. The summed E-state index contributed by atoms with van der Waals surface area (Å²) in [5.74, 6) is 0.0430. The first-order valence-corrected chi connectivity index (χ1v) is 10.3. The molecule has 2 amide bonds. The van der Waals surface area contributed by atoms with Gasteiger partial charge in [0.2, 0.25) is 21.8 Å². The highest BCUT2D eigenvalue weighted by atomic mass is 32.2. The zero-order chi connectivity index (χ0) is 18.1. The van der Waals surface area contributed by atoms with Gasteiger partial charge in [0, 0.05) is 38.1 Å². The third kappa shape index (κ3) is 3.91. The standard InChI is InChI=1S/C16H29N3O4S/c1-5-24(22,23)18-11-9-17(10-12-18)14(20)13-7-6-8-19(13)15(21)16(2,3)4/h13H,5-12H2,1-4H3. The Morgan fingerprint density at radius 2 is 1.62 bits per heavy atom. The van der Waals surface area contributed by atoms with E-state index in [-0.39, 0.29) is 17.6 Å². The van der Waals surface area contributed by atoms with Crippen LogP contribution in [0.1, 0.15) is 40.5 Å². The molecule has 0 aliphatic carbocycles. The van der Waals surface area contributed by atoms with Crippen molar-refractivity contribution in [3.05, 3.63) is 0 Å². The molecule has 2 rings (SSSR count). The molecule has 0 aromatic carbocycles. The molecule has 1 atom stereocenters. The fourth-order valence-electron chi connectivity index (χ4n) is 3.28. The van der Waals surface area contributed by atoms with Gasteiger partial charge in [-0.15, -0.1) is 0 Å². The van der Waals surface area contributed by atoms with Gasteiger partial charge in [0.05, 0.1) is 5.75 Å². The number of carbonyl (C=O) groups excluding carboxylic acids is 2. The lowest BCUT2D eigenvalue weighted by molar-refractivity contribution is -0.148. The molecule has 0 N–H and O–H groups in total. The summed E-state index contributed by atoms with van der Waals surface area (Å²) in [4.78, 5) is 28.8. The minimum absolute atomic E-state index is 0.00514. The van der Waals surface area contributed by atoms with Crippen LogP contribution in [0.15, 0.2) is 0 Å². The molecular weight excluding hydrogens is 330 g/mol. The van der Waals surface area contributed by atoms with E-state index < -0.39 is 21.5 Å². The first-order valence-electron chi connectivity index (χ1n) is 8.65. The van der Waals surface area contributed by atoms with Crippen molar-refractivity contribution < 1.29 is 18.0 Å². The van der Waals surface area contributed by atoms with Crippen molar-refractivity contribution in [2.75, 3.05) is 38.5 Å². The number of nitrogens with zero attached hydrogens (tertiary/aromatic N) is 3. The third-order valence-electron chi connectivity index (χ3n) is 4.75. The van der Waals surface area contributed by atoms with Crippen LogP contribution in [-0.4, -0.2) is 78.9 Å². The fourth-order valence-corrected chi connectivity index (χ4v) is 4.36. The maximum Gasteiger partial charge on any atom is 0.245 e. The SMILES string of the molecule is CCS(=O)(=O)N1CCN(C(=O)C2CCCN2C(=O)C(C)(C)C)CC1. The fraction of sp³-hybridized carbons (Fsp3) is 0.875. The van der Waals surface area contributed by atoms with Crippen molar-refractivity contribution >= 4 is 21.8 Å². The second kappa shape index (κ2) is 7.00. The van der Waals surface area contributed by atoms with E-state index in [0.29, 0.717) is 39.1 Å². The Hall–Kier alpha value is -1.15. The first kappa shape index (κ1) is 19.2. The molecule has 7 nitrogen and oxygen atoms in total. The van der Waals surface area contributed by atoms with Gasteiger partial charge in [0.25, 0.3) is 0 Å². The van der Waals surface area contributed by atoms with E-state index in [1.165, 1.54) is 4.31 Å². The van der Waals surface area contributed by atoms with Crippen molar-refractivity contribution in [3.8, 4) is 0 Å². The van der Waals surface area contributed by atoms with Gasteiger partial charge < -0.3 is 9.80 Å². The molecule has 24 heavy (non-hydrogen) atoms. The van der Waals surface area contributed by atoms with E-state index in [9.17, 15) is 18.0 Å². The normalized spacial score (nSPS) is 23.6. The van der Waals surface area contributed by atoms with Gasteiger partial charge >= 0.3 is 0 Å². The van der Waals surface area contributed by atoms with E-state index in [1.807, 2.05) is 20.8 Å². The number of hydrogen-bond acceptors (Lipinski definition) is 4. The zero-order valence-corrected chi connectivity index (χ0v) is 15.9. The number of carbonyl (C=O) groups is 2. The molecule has 0 spiro atoms. The summed E-state index contributed by atoms with van der Waals surface area (Å²) in [5, 5.41) is 0. The third-order valence-corrected chi connectivity index (χ3v) is 6.63. The lowest BCUT2D eigenvalue weighted by Gasteiger charge is -2.37. The number of hydrogen-bond donors (Lipinski definition) is 0. The topological polar surface area (TPSA) is 78.0 Å². The summed E-state index contributed by atoms with van der Waals surface area (Å²) < 4.78 is 25.3. The predicted octanol–water partition coefficient (Wildman–Crippen LogP) is 0.517. The monoisotopic (exact) mass is 359 g/mol. The van der Waals surface area contributed by atoms with Crippen molar-refractivity contribution in [2.45, 2.75) is 46.6 Å². The Morgan fingerprint density at radius 1 is 1.04 bits per heavy atom. The lowest BCUT2D eigenvalue weighted by Crippen LogP contribution is -2.56. The number of piperazine rings is 1. The van der Waals surface area contributed by atoms with Crippen LogP contribution in [0, 0.1) is 5.41 Å². The number of rotatable bonds is 3. The molecule has 0 aromatic heterocycles. The Labute approximate surface area is 145 Å². The molecule has 0 bridgehead atoms. The summed E-state index contributed by atoms with van der Waals surface area (Å²) in [7, 11) is -3.20. The Kier molecular flexibility index (Phi) is 5.59. The minimum Gasteiger partial charge on any atom is -0.338 e. The quantitative estimate of drug-likeness (QED) is 0.736. The second-order valence-electron chi connectivity index (χ2n) is 7.53. The average Bonchev–Trinajstić information content (AvgIpc) is 3.02. The largest absolute Gasteiger partial charge is 0.338 e. The van der Waals surface area contributed by atoms with Crippen LogP contribution in [0.25, 0.3) is 0 Å². The Bertz CT molecular complexity index is 589. The van der Waals surface area contributed by atoms with Gasteiger partial charge in [-0.05, 0) is 19.8 Å². The maximum absolute atomic E-state index is 12.8. The molecule has 2 saturated heterocycles. The van der Waals surface area contributed by atoms with Crippen LogP contribution in [-0.2, 0) is 19.6 Å². The van der Waals surface area contributed by atoms with Crippen LogP contribution >= 0.6 is 0 Å². The molecule has 2 heterocycles. The van der Waals surface area contributed by atoms with Crippen LogP contribution in [0.5, 0.6) is 0 Å². The maximum atomic E-state index is 12.8. The van der Waals surface area contributed by atoms with E-state index in [1.54, 1.807) is 16.7 Å². The van der Waals surface area contributed by atoms with Crippen molar-refractivity contribution in [3.63, 3.8) is 0 Å². The number of likely N-dealkylation sites (tertiary alicyclic amines) is 1. The smallest absolute Gasteiger partial charge is 0.245 e. The van der Waals surface area contributed by atoms with Gasteiger partial charge in [-0.3, -0.25) is 9.59 Å². The lowest BCUT2D eigenvalue weighted by atomic mass is 9.94. The zero-order valence-electron chi connectivity index (χ0n) is 15.1. The minimum atomic E-state index is -3.20. The van der Waals surface area contributed by atoms with Crippen LogP contribution < -0.4 is 0 Å². The summed E-state index contributed by atoms with van der Waals surface area (Å²) in [6.45, 7) is 9.30. The summed E-state index contributed by atoms with van der Waals surface area (Å²) in [6.07, 6.45) is 1.52. The molecule has 8 heteroatoms. The molecular formula is C16H29N3O4S. The molecule has 0 aromatic rings. The van der Waals surface area contributed by atoms with Crippen molar-refractivity contribution in [1.82, 2.24) is 14.1 Å². The number of sulfonamides is 1. The molecule has 0 radical (unpaired) electrons. The highest BCUT2D eigenvalue weighted by Gasteiger charge is 2.41. The predicted molar refractivity (Wildman–Crippen MR) is 91.8 cm³/mol. The van der Waals surface area contributed by atoms with Gasteiger partial charge in [0.1, 0.15) is 6.04 Å². The molecule has 138 valence electrons. The van der Waals surface area contributed by atoms with Crippen LogP contribution in [0.3, 0.4) is 0 Å². The van der Waals surface area contributed by atoms with E-state index >= 15 is 0 Å². The number of amides is 2. The molecule has 2 aliphatic rings. The van der Waals surface area contributed by atoms with E-state index in [4.69, 9.17) is 0 Å². The second-order valence-corrected chi connectivity index (χ2v) is 9.79. The van der Waals surface area contributed by atoms with Crippen LogP contribution in [0.4, 0.5) is 0 Å². The van der Waals surface area contributed by atoms with E-state index in [2.05, 4.69) is 0 Å². The van der Waals surface area contributed by atoms with Crippen molar-refractivity contribution in [1.29, 1.82) is 0 Å². The summed E-state index contributed by atoms with van der Waals surface area (Å²) in [5.41, 5.74) is -0.503. The molecule has 0 saturated carbocycles. The summed E-state index contributed by atoms with van der Waals surface area (Å²) in [6, 6.07) is -0.397. The highest BCUT2D eigenvalue weighted by Crippen LogP contribution is 2.26. The highest BCUT2D eigenvalue weighted by molar-refractivity contribution is 7.89. The average molecular weight is 359 g/mol.